The van der Waals surface area contributed by atoms with Crippen molar-refractivity contribution in [1.82, 2.24) is 10.2 Å². The Hall–Kier alpha value is -4.17. The van der Waals surface area contributed by atoms with Crippen LogP contribution in [0.25, 0.3) is 11.1 Å². The minimum Gasteiger partial charge on any atom is -0.480 e. The largest absolute Gasteiger partial charge is 0.480 e. The number of carboxylic acids is 1. The van der Waals surface area contributed by atoms with Crippen LogP contribution in [0.2, 0.25) is 0 Å². The second kappa shape index (κ2) is 11.4. The van der Waals surface area contributed by atoms with Crippen LogP contribution in [0.3, 0.4) is 0 Å². The Morgan fingerprint density at radius 1 is 0.927 bits per heavy atom. The number of rotatable bonds is 7. The van der Waals surface area contributed by atoms with Crippen LogP contribution < -0.4 is 5.32 Å². The molecule has 0 saturated carbocycles. The Morgan fingerprint density at radius 2 is 1.49 bits per heavy atom. The smallest absolute Gasteiger partial charge is 0.407 e. The zero-order valence-corrected chi connectivity index (χ0v) is 23.8. The fraction of sp³-hybridized carbons (Fsp3) is 0.364. The second-order valence-corrected chi connectivity index (χ2v) is 11.7. The van der Waals surface area contributed by atoms with E-state index in [4.69, 9.17) is 9.47 Å². The van der Waals surface area contributed by atoms with E-state index in [1.807, 2.05) is 81.4 Å². The highest BCUT2D eigenvalue weighted by molar-refractivity contribution is 5.90. The first-order chi connectivity index (χ1) is 19.5. The first kappa shape index (κ1) is 28.4. The number of alkyl carbamates (subject to hydrolysis) is 1. The summed E-state index contributed by atoms with van der Waals surface area (Å²) in [5.41, 5.74) is 5.54. The zero-order valence-electron chi connectivity index (χ0n) is 23.8. The highest BCUT2D eigenvalue weighted by atomic mass is 16.6. The summed E-state index contributed by atoms with van der Waals surface area (Å²) in [7, 11) is 0. The SMILES string of the molecule is C[C@H](OC(C)(C)C)[C@@H](NC(=O)OCC1c2ccccc2-c2ccccc21)C(=O)N1Cc2ccccc2C[C@H]1C(=O)O. The maximum atomic E-state index is 14.0. The van der Waals surface area contributed by atoms with Gasteiger partial charge >= 0.3 is 12.1 Å². The highest BCUT2D eigenvalue weighted by Crippen LogP contribution is 2.44. The summed E-state index contributed by atoms with van der Waals surface area (Å²) >= 11 is 0. The number of nitrogens with one attached hydrogen (secondary N) is 1. The van der Waals surface area contributed by atoms with Crippen molar-refractivity contribution in [2.45, 2.75) is 70.4 Å². The summed E-state index contributed by atoms with van der Waals surface area (Å²) in [4.78, 5) is 40.8. The van der Waals surface area contributed by atoms with Gasteiger partial charge in [-0.1, -0.05) is 72.8 Å². The predicted octanol–water partition coefficient (Wildman–Crippen LogP) is 5.14. The van der Waals surface area contributed by atoms with Crippen molar-refractivity contribution < 1.29 is 29.0 Å². The van der Waals surface area contributed by atoms with Crippen LogP contribution in [0.15, 0.2) is 72.8 Å². The Morgan fingerprint density at radius 3 is 2.07 bits per heavy atom. The molecule has 3 aromatic carbocycles. The molecular formula is C33H36N2O6. The third-order valence-electron chi connectivity index (χ3n) is 7.71. The van der Waals surface area contributed by atoms with Gasteiger partial charge in [-0.25, -0.2) is 9.59 Å². The van der Waals surface area contributed by atoms with Crippen LogP contribution in [0, 0.1) is 0 Å². The normalized spacial score (nSPS) is 17.6. The van der Waals surface area contributed by atoms with Crippen LogP contribution >= 0.6 is 0 Å². The molecule has 214 valence electrons. The maximum Gasteiger partial charge on any atom is 0.407 e. The van der Waals surface area contributed by atoms with Gasteiger partial charge < -0.3 is 24.8 Å². The number of amides is 2. The van der Waals surface area contributed by atoms with Gasteiger partial charge in [0.25, 0.3) is 0 Å². The first-order valence-electron chi connectivity index (χ1n) is 13.9. The monoisotopic (exact) mass is 556 g/mol. The van der Waals surface area contributed by atoms with Gasteiger partial charge in [0.2, 0.25) is 5.91 Å². The van der Waals surface area contributed by atoms with Crippen LogP contribution in [-0.2, 0) is 32.0 Å². The van der Waals surface area contributed by atoms with Gasteiger partial charge in [0, 0.05) is 18.9 Å². The van der Waals surface area contributed by atoms with E-state index in [1.165, 1.54) is 4.90 Å². The Labute approximate surface area is 240 Å². The second-order valence-electron chi connectivity index (χ2n) is 11.7. The standard InChI is InChI=1S/C33H36N2O6/c1-20(41-33(2,3)4)29(30(36)35-18-22-12-6-5-11-21(22)17-28(35)31(37)38)34-32(39)40-19-27-25-15-9-7-13-23(25)24-14-8-10-16-26(24)27/h5-16,20,27-29H,17-19H2,1-4H3,(H,34,39)(H,37,38)/t20-,28-,29+/m0/s1. The molecule has 0 radical (unpaired) electrons. The van der Waals surface area contributed by atoms with E-state index >= 15 is 0 Å². The van der Waals surface area contributed by atoms with Crippen LogP contribution in [0.5, 0.6) is 0 Å². The van der Waals surface area contributed by atoms with Gasteiger partial charge in [0.1, 0.15) is 18.7 Å². The number of carboxylic acid groups (broad SMARTS) is 1. The number of ether oxygens (including phenoxy) is 2. The summed E-state index contributed by atoms with van der Waals surface area (Å²) < 4.78 is 11.8. The van der Waals surface area contributed by atoms with Gasteiger partial charge in [0.05, 0.1) is 11.7 Å². The molecule has 2 aliphatic rings. The first-order valence-corrected chi connectivity index (χ1v) is 13.9. The molecule has 5 rings (SSSR count). The average Bonchev–Trinajstić information content (AvgIpc) is 3.26. The molecule has 0 unspecified atom stereocenters. The van der Waals surface area contributed by atoms with E-state index in [-0.39, 0.29) is 25.5 Å². The number of hydrogen-bond donors (Lipinski definition) is 2. The minimum absolute atomic E-state index is 0.0874. The number of benzene rings is 3. The van der Waals surface area contributed by atoms with Crippen molar-refractivity contribution in [3.05, 3.63) is 95.1 Å². The van der Waals surface area contributed by atoms with Crippen molar-refractivity contribution in [2.75, 3.05) is 6.61 Å². The topological polar surface area (TPSA) is 105 Å². The van der Waals surface area contributed by atoms with Crippen molar-refractivity contribution in [2.24, 2.45) is 0 Å². The summed E-state index contributed by atoms with van der Waals surface area (Å²) in [5, 5.41) is 12.7. The molecule has 3 aromatic rings. The quantitative estimate of drug-likeness (QED) is 0.418. The molecule has 1 aliphatic carbocycles. The van der Waals surface area contributed by atoms with E-state index < -0.39 is 41.8 Å². The number of aliphatic carboxylic acids is 1. The molecule has 2 amide bonds. The van der Waals surface area contributed by atoms with Gasteiger partial charge in [-0.3, -0.25) is 4.79 Å². The number of hydrogen-bond acceptors (Lipinski definition) is 5. The fourth-order valence-corrected chi connectivity index (χ4v) is 5.93. The van der Waals surface area contributed by atoms with Gasteiger partial charge in [0.15, 0.2) is 0 Å². The summed E-state index contributed by atoms with van der Waals surface area (Å²) in [6, 6.07) is 21.4. The lowest BCUT2D eigenvalue weighted by atomic mass is 9.93. The fourth-order valence-electron chi connectivity index (χ4n) is 5.93. The molecule has 8 nitrogen and oxygen atoms in total. The number of carbonyl (C=O) groups is 3. The molecule has 8 heteroatoms. The van der Waals surface area contributed by atoms with Crippen LogP contribution in [0.1, 0.15) is 55.9 Å². The summed E-state index contributed by atoms with van der Waals surface area (Å²) in [6.07, 6.45) is -1.34. The van der Waals surface area contributed by atoms with E-state index in [0.29, 0.717) is 0 Å². The molecule has 0 bridgehead atoms. The summed E-state index contributed by atoms with van der Waals surface area (Å²) in [5.74, 6) is -1.77. The van der Waals surface area contributed by atoms with Crippen molar-refractivity contribution in [3.63, 3.8) is 0 Å². The molecule has 1 heterocycles. The van der Waals surface area contributed by atoms with Gasteiger partial charge in [-0.2, -0.15) is 0 Å². The molecule has 0 aromatic heterocycles. The summed E-state index contributed by atoms with van der Waals surface area (Å²) in [6.45, 7) is 7.48. The maximum absolute atomic E-state index is 14.0. The number of fused-ring (bicyclic) bond motifs is 4. The minimum atomic E-state index is -1.16. The van der Waals surface area contributed by atoms with Crippen molar-refractivity contribution >= 4 is 18.0 Å². The van der Waals surface area contributed by atoms with E-state index in [2.05, 4.69) is 17.4 Å². The third kappa shape index (κ3) is 5.98. The number of nitrogens with zero attached hydrogens (tertiary/aromatic N) is 1. The highest BCUT2D eigenvalue weighted by Gasteiger charge is 2.41. The van der Waals surface area contributed by atoms with Crippen molar-refractivity contribution in [1.29, 1.82) is 0 Å². The molecule has 41 heavy (non-hydrogen) atoms. The van der Waals surface area contributed by atoms with E-state index in [9.17, 15) is 19.5 Å². The van der Waals surface area contributed by atoms with Gasteiger partial charge in [-0.05, 0) is 61.1 Å². The number of carbonyl (C=O) groups excluding carboxylic acids is 2. The van der Waals surface area contributed by atoms with Gasteiger partial charge in [-0.15, -0.1) is 0 Å². The molecule has 3 atom stereocenters. The molecule has 2 N–H and O–H groups in total. The van der Waals surface area contributed by atoms with Crippen molar-refractivity contribution in [3.8, 4) is 11.1 Å². The van der Waals surface area contributed by atoms with E-state index in [1.54, 1.807) is 6.92 Å². The molecule has 1 aliphatic heterocycles. The lowest BCUT2D eigenvalue weighted by Crippen LogP contribution is -2.59. The average molecular weight is 557 g/mol. The molecule has 0 spiro atoms. The third-order valence-corrected chi connectivity index (χ3v) is 7.71. The molecule has 0 saturated heterocycles. The lowest BCUT2D eigenvalue weighted by Gasteiger charge is -2.38. The predicted molar refractivity (Wildman–Crippen MR) is 154 cm³/mol. The molecule has 0 fully saturated rings. The Balaban J connectivity index is 1.36. The van der Waals surface area contributed by atoms with E-state index in [0.717, 1.165) is 33.4 Å². The van der Waals surface area contributed by atoms with Crippen LogP contribution in [0.4, 0.5) is 4.79 Å². The Kier molecular flexibility index (Phi) is 7.87. The molecular weight excluding hydrogens is 520 g/mol. The zero-order chi connectivity index (χ0) is 29.3. The van der Waals surface area contributed by atoms with Crippen LogP contribution in [-0.4, -0.2) is 58.4 Å². The lowest BCUT2D eigenvalue weighted by molar-refractivity contribution is -0.155. The Bertz CT molecular complexity index is 1420.